The van der Waals surface area contributed by atoms with E-state index in [1.807, 2.05) is 0 Å². The summed E-state index contributed by atoms with van der Waals surface area (Å²) < 4.78 is 5.72. The molecule has 8 heteroatoms. The Morgan fingerprint density at radius 2 is 1.71 bits per heavy atom. The van der Waals surface area contributed by atoms with Crippen molar-refractivity contribution in [1.82, 2.24) is 10.2 Å². The predicted octanol–water partition coefficient (Wildman–Crippen LogP) is 2.81. The van der Waals surface area contributed by atoms with Gasteiger partial charge in [-0.25, -0.2) is 0 Å². The molecule has 4 amide bonds. The molecule has 2 aliphatic rings. The third-order valence-electron chi connectivity index (χ3n) is 4.96. The highest BCUT2D eigenvalue weighted by molar-refractivity contribution is 9.09. The van der Waals surface area contributed by atoms with Crippen LogP contribution in [0.4, 0.5) is 0 Å². The third-order valence-corrected chi connectivity index (χ3v) is 5.52. The fourth-order valence-corrected chi connectivity index (χ4v) is 3.85. The van der Waals surface area contributed by atoms with Crippen LogP contribution < -0.4 is 10.1 Å². The number of ether oxygens (including phenoxy) is 1. The van der Waals surface area contributed by atoms with Crippen LogP contribution in [0.2, 0.25) is 0 Å². The van der Waals surface area contributed by atoms with E-state index in [9.17, 15) is 19.2 Å². The molecule has 7 nitrogen and oxygen atoms in total. The Morgan fingerprint density at radius 3 is 2.46 bits per heavy atom. The Labute approximate surface area is 171 Å². The minimum absolute atomic E-state index is 0.105. The molecule has 3 rings (SSSR count). The number of rotatable bonds is 9. The number of unbranched alkanes of at least 4 members (excludes halogenated alkanes) is 4. The van der Waals surface area contributed by atoms with Gasteiger partial charge in [-0.2, -0.15) is 0 Å². The summed E-state index contributed by atoms with van der Waals surface area (Å²) in [6.07, 6.45) is 5.78. The van der Waals surface area contributed by atoms with Crippen LogP contribution in [0.3, 0.4) is 0 Å². The third kappa shape index (κ3) is 4.43. The maximum atomic E-state index is 12.7. The molecule has 0 aliphatic carbocycles. The smallest absolute Gasteiger partial charge is 0.262 e. The number of alkyl halides is 1. The minimum Gasteiger partial charge on any atom is -0.494 e. The molecule has 28 heavy (non-hydrogen) atoms. The first-order chi connectivity index (χ1) is 13.5. The van der Waals surface area contributed by atoms with Crippen molar-refractivity contribution in [2.24, 2.45) is 0 Å². The van der Waals surface area contributed by atoms with Crippen molar-refractivity contribution in [3.63, 3.8) is 0 Å². The summed E-state index contributed by atoms with van der Waals surface area (Å²) in [6, 6.07) is 3.84. The second kappa shape index (κ2) is 9.32. The van der Waals surface area contributed by atoms with Gasteiger partial charge in [-0.3, -0.25) is 29.4 Å². The van der Waals surface area contributed by atoms with Gasteiger partial charge in [0, 0.05) is 11.8 Å². The summed E-state index contributed by atoms with van der Waals surface area (Å²) in [5, 5.41) is 3.22. The maximum Gasteiger partial charge on any atom is 0.262 e. The molecule has 1 saturated heterocycles. The fourth-order valence-electron chi connectivity index (χ4n) is 3.46. The summed E-state index contributed by atoms with van der Waals surface area (Å²) in [5.41, 5.74) is 0.501. The molecule has 1 fully saturated rings. The zero-order chi connectivity index (χ0) is 20.1. The van der Waals surface area contributed by atoms with Crippen LogP contribution in [0.25, 0.3) is 0 Å². The summed E-state index contributed by atoms with van der Waals surface area (Å²) in [4.78, 5) is 49.7. The van der Waals surface area contributed by atoms with E-state index in [0.717, 1.165) is 29.5 Å². The van der Waals surface area contributed by atoms with E-state index >= 15 is 0 Å². The SMILES string of the molecule is O=C1CCC(N2C(=O)c3ccc(OCCCCCCCBr)cc3C2=O)C(=O)N1. The van der Waals surface area contributed by atoms with Crippen molar-refractivity contribution in [3.05, 3.63) is 29.3 Å². The Bertz CT molecular complexity index is 795. The molecule has 0 radical (unpaired) electrons. The van der Waals surface area contributed by atoms with Crippen LogP contribution in [0.15, 0.2) is 18.2 Å². The number of hydrogen-bond acceptors (Lipinski definition) is 5. The van der Waals surface area contributed by atoms with E-state index < -0.39 is 23.8 Å². The first kappa shape index (κ1) is 20.5. The molecule has 2 heterocycles. The lowest BCUT2D eigenvalue weighted by Gasteiger charge is -2.27. The van der Waals surface area contributed by atoms with E-state index in [4.69, 9.17) is 4.74 Å². The van der Waals surface area contributed by atoms with E-state index in [2.05, 4.69) is 21.2 Å². The van der Waals surface area contributed by atoms with Gasteiger partial charge in [0.1, 0.15) is 11.8 Å². The normalized spacial score (nSPS) is 19.0. The molecule has 2 aliphatic heterocycles. The highest BCUT2D eigenvalue weighted by Crippen LogP contribution is 2.30. The van der Waals surface area contributed by atoms with Gasteiger partial charge < -0.3 is 4.74 Å². The first-order valence-electron chi connectivity index (χ1n) is 9.57. The maximum absolute atomic E-state index is 12.7. The molecule has 1 atom stereocenters. The zero-order valence-corrected chi connectivity index (χ0v) is 17.1. The Morgan fingerprint density at radius 1 is 1.00 bits per heavy atom. The van der Waals surface area contributed by atoms with Crippen LogP contribution in [0.1, 0.15) is 65.7 Å². The number of fused-ring (bicyclic) bond motifs is 1. The van der Waals surface area contributed by atoms with Crippen molar-refractivity contribution < 1.29 is 23.9 Å². The van der Waals surface area contributed by atoms with Crippen molar-refractivity contribution in [1.29, 1.82) is 0 Å². The predicted molar refractivity (Wildman–Crippen MR) is 105 cm³/mol. The molecule has 1 aromatic rings. The number of carbonyl (C=O) groups excluding carboxylic acids is 4. The van der Waals surface area contributed by atoms with Crippen molar-refractivity contribution in [2.45, 2.75) is 51.0 Å². The average Bonchev–Trinajstić information content (AvgIpc) is 2.92. The molecule has 1 aromatic carbocycles. The van der Waals surface area contributed by atoms with Gasteiger partial charge >= 0.3 is 0 Å². The van der Waals surface area contributed by atoms with E-state index in [-0.39, 0.29) is 29.9 Å². The Balaban J connectivity index is 1.60. The van der Waals surface area contributed by atoms with Gasteiger partial charge in [-0.15, -0.1) is 0 Å². The number of hydrogen-bond donors (Lipinski definition) is 1. The lowest BCUT2D eigenvalue weighted by Crippen LogP contribution is -2.54. The lowest BCUT2D eigenvalue weighted by molar-refractivity contribution is -0.136. The number of nitrogens with zero attached hydrogens (tertiary/aromatic N) is 1. The van der Waals surface area contributed by atoms with Gasteiger partial charge in [-0.1, -0.05) is 35.2 Å². The molecule has 1 N–H and O–H groups in total. The highest BCUT2D eigenvalue weighted by atomic mass is 79.9. The second-order valence-electron chi connectivity index (χ2n) is 6.96. The van der Waals surface area contributed by atoms with Gasteiger partial charge in [0.2, 0.25) is 11.8 Å². The molecule has 0 spiro atoms. The van der Waals surface area contributed by atoms with E-state index in [1.54, 1.807) is 18.2 Å². The number of piperidine rings is 1. The van der Waals surface area contributed by atoms with Crippen LogP contribution in [-0.2, 0) is 9.59 Å². The quantitative estimate of drug-likeness (QED) is 0.354. The van der Waals surface area contributed by atoms with Gasteiger partial charge in [0.05, 0.1) is 17.7 Å². The first-order valence-corrected chi connectivity index (χ1v) is 10.7. The monoisotopic (exact) mass is 450 g/mol. The van der Waals surface area contributed by atoms with Gasteiger partial charge in [0.25, 0.3) is 11.8 Å². The summed E-state index contributed by atoms with van der Waals surface area (Å²) in [5.74, 6) is -1.49. The summed E-state index contributed by atoms with van der Waals surface area (Å²) in [6.45, 7) is 0.548. The van der Waals surface area contributed by atoms with Crippen LogP contribution in [0.5, 0.6) is 5.75 Å². The van der Waals surface area contributed by atoms with Crippen molar-refractivity contribution in [2.75, 3.05) is 11.9 Å². The van der Waals surface area contributed by atoms with Crippen molar-refractivity contribution >= 4 is 39.6 Å². The van der Waals surface area contributed by atoms with Gasteiger partial charge in [0.15, 0.2) is 0 Å². The number of halogens is 1. The molecule has 0 aromatic heterocycles. The summed E-state index contributed by atoms with van der Waals surface area (Å²) in [7, 11) is 0. The van der Waals surface area contributed by atoms with E-state index in [1.165, 1.54) is 12.8 Å². The standard InChI is InChI=1S/C20H23BrN2O5/c21-10-4-2-1-3-5-11-28-13-6-7-14-15(12-13)20(27)23(19(14)26)16-8-9-17(24)22-18(16)25/h6-7,12,16H,1-5,8-11H2,(H,22,24,25). The van der Waals surface area contributed by atoms with Crippen molar-refractivity contribution in [3.8, 4) is 5.75 Å². The molecule has 150 valence electrons. The highest BCUT2D eigenvalue weighted by Gasteiger charge is 2.44. The molecule has 1 unspecified atom stereocenters. The van der Waals surface area contributed by atoms with Gasteiger partial charge in [-0.05, 0) is 37.5 Å². The second-order valence-corrected chi connectivity index (χ2v) is 7.75. The Hall–Kier alpha value is -2.22. The fraction of sp³-hybridized carbons (Fsp3) is 0.500. The number of benzene rings is 1. The zero-order valence-electron chi connectivity index (χ0n) is 15.5. The number of nitrogens with one attached hydrogen (secondary N) is 1. The lowest BCUT2D eigenvalue weighted by atomic mass is 10.0. The largest absolute Gasteiger partial charge is 0.494 e. The van der Waals surface area contributed by atoms with Crippen LogP contribution in [-0.4, -0.2) is 46.5 Å². The number of carbonyl (C=O) groups is 4. The van der Waals surface area contributed by atoms with Crippen LogP contribution >= 0.6 is 15.9 Å². The molecule has 0 saturated carbocycles. The molecular weight excluding hydrogens is 428 g/mol. The Kier molecular flexibility index (Phi) is 6.83. The number of amides is 4. The van der Waals surface area contributed by atoms with Crippen LogP contribution in [0, 0.1) is 0 Å². The topological polar surface area (TPSA) is 92.8 Å². The molecular formula is C20H23BrN2O5. The van der Waals surface area contributed by atoms with E-state index in [0.29, 0.717) is 12.4 Å². The minimum atomic E-state index is -0.950. The average molecular weight is 451 g/mol. The molecule has 0 bridgehead atoms. The number of imide groups is 2. The summed E-state index contributed by atoms with van der Waals surface area (Å²) >= 11 is 3.42.